The van der Waals surface area contributed by atoms with Crippen molar-refractivity contribution in [2.75, 3.05) is 19.5 Å². The number of anilines is 1. The smallest absolute Gasteiger partial charge is 0.253 e. The second kappa shape index (κ2) is 12.8. The van der Waals surface area contributed by atoms with E-state index in [0.717, 1.165) is 17.1 Å². The molecule has 190 valence electrons. The van der Waals surface area contributed by atoms with Crippen LogP contribution in [0.15, 0.2) is 65.4 Å². The molecule has 9 nitrogen and oxygen atoms in total. The lowest BCUT2D eigenvalue weighted by Crippen LogP contribution is -2.28. The second-order valence-electron chi connectivity index (χ2n) is 8.02. The summed E-state index contributed by atoms with van der Waals surface area (Å²) in [7, 11) is 3.17. The number of aromatic nitrogens is 3. The first kappa shape index (κ1) is 26.8. The third kappa shape index (κ3) is 6.88. The molecule has 0 radical (unpaired) electrons. The van der Waals surface area contributed by atoms with Crippen molar-refractivity contribution in [2.24, 2.45) is 5.10 Å². The van der Waals surface area contributed by atoms with Crippen molar-refractivity contribution < 1.29 is 14.3 Å². The number of nitrogens with one attached hydrogen (secondary N) is 2. The van der Waals surface area contributed by atoms with E-state index in [1.807, 2.05) is 47.9 Å². The SMILES string of the molecule is C=CCn1c(CNc2ccc(C)cc2)nnc1SC(C)C(=O)N/N=C(\C)c1ccc(OC)cc1OC. The molecule has 1 atom stereocenters. The minimum Gasteiger partial charge on any atom is -0.497 e. The zero-order chi connectivity index (χ0) is 26.1. The van der Waals surface area contributed by atoms with Crippen molar-refractivity contribution >= 4 is 29.1 Å². The maximum absolute atomic E-state index is 12.8. The van der Waals surface area contributed by atoms with Crippen LogP contribution in [-0.4, -0.2) is 45.9 Å². The number of carbonyl (C=O) groups excluding carboxylic acids is 1. The number of methoxy groups -OCH3 is 2. The summed E-state index contributed by atoms with van der Waals surface area (Å²) < 4.78 is 12.6. The molecular formula is C26H32N6O3S. The molecule has 2 aromatic carbocycles. The van der Waals surface area contributed by atoms with Crippen LogP contribution >= 0.6 is 11.8 Å². The average Bonchev–Trinajstić information content (AvgIpc) is 3.27. The van der Waals surface area contributed by atoms with E-state index < -0.39 is 5.25 Å². The zero-order valence-electron chi connectivity index (χ0n) is 21.2. The van der Waals surface area contributed by atoms with Gasteiger partial charge in [-0.1, -0.05) is 35.5 Å². The highest BCUT2D eigenvalue weighted by Gasteiger charge is 2.20. The summed E-state index contributed by atoms with van der Waals surface area (Å²) >= 11 is 1.31. The van der Waals surface area contributed by atoms with E-state index in [1.165, 1.54) is 17.3 Å². The molecule has 0 aliphatic rings. The van der Waals surface area contributed by atoms with Crippen LogP contribution in [-0.2, 0) is 17.9 Å². The quantitative estimate of drug-likeness (QED) is 0.162. The number of amides is 1. The summed E-state index contributed by atoms with van der Waals surface area (Å²) in [6.45, 7) is 10.5. The fourth-order valence-corrected chi connectivity index (χ4v) is 4.17. The predicted octanol–water partition coefficient (Wildman–Crippen LogP) is 4.42. The van der Waals surface area contributed by atoms with Gasteiger partial charge in [0.1, 0.15) is 11.5 Å². The Morgan fingerprint density at radius 1 is 1.19 bits per heavy atom. The van der Waals surface area contributed by atoms with E-state index in [2.05, 4.69) is 32.6 Å². The molecule has 0 aliphatic heterocycles. The van der Waals surface area contributed by atoms with Crippen LogP contribution in [0, 0.1) is 6.92 Å². The van der Waals surface area contributed by atoms with Crippen molar-refractivity contribution in [1.29, 1.82) is 0 Å². The van der Waals surface area contributed by atoms with Crippen molar-refractivity contribution in [1.82, 2.24) is 20.2 Å². The van der Waals surface area contributed by atoms with Gasteiger partial charge in [0.15, 0.2) is 11.0 Å². The van der Waals surface area contributed by atoms with Crippen molar-refractivity contribution in [3.8, 4) is 11.5 Å². The van der Waals surface area contributed by atoms with Gasteiger partial charge in [-0.15, -0.1) is 16.8 Å². The topological polar surface area (TPSA) is 103 Å². The minimum absolute atomic E-state index is 0.251. The Hall–Kier alpha value is -3.79. The molecule has 36 heavy (non-hydrogen) atoms. The van der Waals surface area contributed by atoms with Gasteiger partial charge in [0.2, 0.25) is 0 Å². The van der Waals surface area contributed by atoms with Crippen molar-refractivity contribution in [3.63, 3.8) is 0 Å². The Labute approximate surface area is 216 Å². The number of carbonyl (C=O) groups is 1. The first-order valence-electron chi connectivity index (χ1n) is 11.4. The fourth-order valence-electron chi connectivity index (χ4n) is 3.30. The van der Waals surface area contributed by atoms with Crippen LogP contribution in [0.5, 0.6) is 11.5 Å². The lowest BCUT2D eigenvalue weighted by atomic mass is 10.1. The van der Waals surface area contributed by atoms with Gasteiger partial charge < -0.3 is 19.4 Å². The largest absolute Gasteiger partial charge is 0.497 e. The zero-order valence-corrected chi connectivity index (χ0v) is 22.1. The van der Waals surface area contributed by atoms with Crippen LogP contribution in [0.3, 0.4) is 0 Å². The summed E-state index contributed by atoms with van der Waals surface area (Å²) in [6.07, 6.45) is 1.78. The molecule has 10 heteroatoms. The molecule has 3 rings (SSSR count). The number of ether oxygens (including phenoxy) is 2. The summed E-state index contributed by atoms with van der Waals surface area (Å²) in [5.74, 6) is 1.79. The van der Waals surface area contributed by atoms with E-state index in [0.29, 0.717) is 35.5 Å². The molecule has 0 aliphatic carbocycles. The number of benzene rings is 2. The summed E-state index contributed by atoms with van der Waals surface area (Å²) in [5.41, 5.74) is 6.21. The maximum atomic E-state index is 12.8. The molecule has 2 N–H and O–H groups in total. The molecule has 0 bridgehead atoms. The van der Waals surface area contributed by atoms with E-state index in [1.54, 1.807) is 40.2 Å². The molecule has 0 saturated carbocycles. The van der Waals surface area contributed by atoms with Crippen LogP contribution < -0.4 is 20.2 Å². The number of allylic oxidation sites excluding steroid dienone is 1. The van der Waals surface area contributed by atoms with Crippen LogP contribution in [0.1, 0.15) is 30.8 Å². The van der Waals surface area contributed by atoms with Gasteiger partial charge in [-0.3, -0.25) is 4.79 Å². The Kier molecular flexibility index (Phi) is 9.52. The molecule has 0 spiro atoms. The van der Waals surface area contributed by atoms with Crippen LogP contribution in [0.2, 0.25) is 0 Å². The number of hydrogen-bond acceptors (Lipinski definition) is 8. The highest BCUT2D eigenvalue weighted by molar-refractivity contribution is 8.00. The summed E-state index contributed by atoms with van der Waals surface area (Å²) in [4.78, 5) is 12.8. The van der Waals surface area contributed by atoms with Gasteiger partial charge in [-0.05, 0) is 45.0 Å². The molecule has 1 amide bonds. The van der Waals surface area contributed by atoms with Gasteiger partial charge in [0, 0.05) is 23.9 Å². The molecule has 3 aromatic rings. The molecule has 0 fully saturated rings. The number of aryl methyl sites for hydroxylation is 1. The highest BCUT2D eigenvalue weighted by atomic mass is 32.2. The van der Waals surface area contributed by atoms with Crippen molar-refractivity contribution in [2.45, 2.75) is 44.3 Å². The number of hydrazone groups is 1. The Balaban J connectivity index is 1.65. The third-order valence-electron chi connectivity index (χ3n) is 5.39. The van der Waals surface area contributed by atoms with Crippen molar-refractivity contribution in [3.05, 3.63) is 72.1 Å². The molecule has 1 aromatic heterocycles. The fraction of sp³-hybridized carbons (Fsp3) is 0.308. The van der Waals surface area contributed by atoms with Gasteiger partial charge in [-0.25, -0.2) is 5.43 Å². The average molecular weight is 509 g/mol. The number of nitrogens with zero attached hydrogens (tertiary/aromatic N) is 4. The lowest BCUT2D eigenvalue weighted by Gasteiger charge is -2.13. The van der Waals surface area contributed by atoms with Gasteiger partial charge in [0.05, 0.1) is 31.7 Å². The lowest BCUT2D eigenvalue weighted by molar-refractivity contribution is -0.120. The number of thioether (sulfide) groups is 1. The van der Waals surface area contributed by atoms with Gasteiger partial charge in [0.25, 0.3) is 5.91 Å². The maximum Gasteiger partial charge on any atom is 0.253 e. The first-order chi connectivity index (χ1) is 17.4. The Bertz CT molecular complexity index is 1220. The molecule has 1 heterocycles. The number of rotatable bonds is 12. The van der Waals surface area contributed by atoms with Gasteiger partial charge in [-0.2, -0.15) is 5.10 Å². The minimum atomic E-state index is -0.454. The third-order valence-corrected chi connectivity index (χ3v) is 6.47. The standard InChI is InChI=1S/C26H32N6O3S/c1-7-14-32-24(16-27-20-10-8-17(2)9-11-20)29-31-26(32)36-19(4)25(33)30-28-18(3)22-13-12-21(34-5)15-23(22)35-6/h7-13,15,19,27H,1,14,16H2,2-6H3,(H,30,33)/b28-18+. The van der Waals surface area contributed by atoms with E-state index in [-0.39, 0.29) is 5.91 Å². The molecule has 1 unspecified atom stereocenters. The Morgan fingerprint density at radius 2 is 1.94 bits per heavy atom. The first-order valence-corrected chi connectivity index (χ1v) is 12.3. The normalized spacial score (nSPS) is 12.1. The Morgan fingerprint density at radius 3 is 2.61 bits per heavy atom. The van der Waals surface area contributed by atoms with E-state index >= 15 is 0 Å². The van der Waals surface area contributed by atoms with Crippen LogP contribution in [0.25, 0.3) is 0 Å². The monoisotopic (exact) mass is 508 g/mol. The summed E-state index contributed by atoms with van der Waals surface area (Å²) in [5, 5.41) is 16.4. The van der Waals surface area contributed by atoms with Gasteiger partial charge >= 0.3 is 0 Å². The second-order valence-corrected chi connectivity index (χ2v) is 9.33. The number of hydrogen-bond donors (Lipinski definition) is 2. The van der Waals surface area contributed by atoms with E-state index in [9.17, 15) is 4.79 Å². The molecular weight excluding hydrogens is 476 g/mol. The highest BCUT2D eigenvalue weighted by Crippen LogP contribution is 2.26. The summed E-state index contributed by atoms with van der Waals surface area (Å²) in [6, 6.07) is 13.6. The molecule has 0 saturated heterocycles. The van der Waals surface area contributed by atoms with Crippen LogP contribution in [0.4, 0.5) is 5.69 Å². The predicted molar refractivity (Wildman–Crippen MR) is 144 cm³/mol. The van der Waals surface area contributed by atoms with E-state index in [4.69, 9.17) is 9.47 Å².